The first kappa shape index (κ1) is 17.4. The van der Waals surface area contributed by atoms with Crippen molar-refractivity contribution in [3.63, 3.8) is 0 Å². The smallest absolute Gasteiger partial charge is 0.214 e. The third-order valence-electron chi connectivity index (χ3n) is 3.34. The second-order valence-electron chi connectivity index (χ2n) is 4.77. The molecule has 0 amide bonds. The Balaban J connectivity index is 2.67. The Labute approximate surface area is 127 Å². The van der Waals surface area contributed by atoms with Gasteiger partial charge in [-0.2, -0.15) is 4.31 Å². The van der Waals surface area contributed by atoms with E-state index in [1.807, 2.05) is 26.0 Å². The van der Waals surface area contributed by atoms with E-state index in [1.165, 1.54) is 4.31 Å². The van der Waals surface area contributed by atoms with Crippen molar-refractivity contribution in [1.29, 1.82) is 0 Å². The van der Waals surface area contributed by atoms with Gasteiger partial charge in [-0.25, -0.2) is 8.42 Å². The minimum absolute atomic E-state index is 0.161. The van der Waals surface area contributed by atoms with Crippen LogP contribution in [0, 0.1) is 0 Å². The molecule has 0 aliphatic heterocycles. The van der Waals surface area contributed by atoms with Gasteiger partial charge in [-0.3, -0.25) is 0 Å². The monoisotopic (exact) mass is 318 g/mol. The Kier molecular flexibility index (Phi) is 6.95. The molecule has 0 spiro atoms. The van der Waals surface area contributed by atoms with Crippen molar-refractivity contribution in [3.05, 3.63) is 34.9 Å². The summed E-state index contributed by atoms with van der Waals surface area (Å²) in [6, 6.07) is 7.07. The van der Waals surface area contributed by atoms with Gasteiger partial charge < -0.3 is 5.32 Å². The SMILES string of the molecule is CCNCCCS(=O)(=O)N(C)C(C)c1ccc(Cl)cc1. The van der Waals surface area contributed by atoms with E-state index in [-0.39, 0.29) is 11.8 Å². The van der Waals surface area contributed by atoms with Crippen LogP contribution in [0.5, 0.6) is 0 Å². The van der Waals surface area contributed by atoms with Crippen molar-refractivity contribution in [2.45, 2.75) is 26.3 Å². The summed E-state index contributed by atoms with van der Waals surface area (Å²) >= 11 is 5.85. The van der Waals surface area contributed by atoms with Gasteiger partial charge in [0.05, 0.1) is 5.75 Å². The maximum Gasteiger partial charge on any atom is 0.214 e. The number of nitrogens with one attached hydrogen (secondary N) is 1. The van der Waals surface area contributed by atoms with Crippen LogP contribution < -0.4 is 5.32 Å². The van der Waals surface area contributed by atoms with Crippen molar-refractivity contribution in [2.75, 3.05) is 25.9 Å². The Morgan fingerprint density at radius 3 is 2.45 bits per heavy atom. The fourth-order valence-corrected chi connectivity index (χ4v) is 3.42. The van der Waals surface area contributed by atoms with Crippen molar-refractivity contribution in [3.8, 4) is 0 Å². The standard InChI is InChI=1S/C14H23ClN2O2S/c1-4-16-10-5-11-20(18,19)17(3)12(2)13-6-8-14(15)9-7-13/h6-9,12,16H,4-5,10-11H2,1-3H3. The van der Waals surface area contributed by atoms with Gasteiger partial charge in [-0.15, -0.1) is 0 Å². The average molecular weight is 319 g/mol. The van der Waals surface area contributed by atoms with Crippen LogP contribution in [0.15, 0.2) is 24.3 Å². The number of hydrogen-bond acceptors (Lipinski definition) is 3. The fraction of sp³-hybridized carbons (Fsp3) is 0.571. The number of hydrogen-bond donors (Lipinski definition) is 1. The normalized spacial score (nSPS) is 13.7. The largest absolute Gasteiger partial charge is 0.317 e. The van der Waals surface area contributed by atoms with Crippen molar-refractivity contribution in [2.24, 2.45) is 0 Å². The predicted molar refractivity (Wildman–Crippen MR) is 84.6 cm³/mol. The van der Waals surface area contributed by atoms with E-state index < -0.39 is 10.0 Å². The van der Waals surface area contributed by atoms with E-state index in [0.29, 0.717) is 11.4 Å². The second-order valence-corrected chi connectivity index (χ2v) is 7.35. The van der Waals surface area contributed by atoms with Gasteiger partial charge in [0.15, 0.2) is 0 Å². The molecule has 6 heteroatoms. The maximum atomic E-state index is 12.2. The first-order chi connectivity index (χ1) is 9.38. The number of benzene rings is 1. The molecule has 114 valence electrons. The molecule has 4 nitrogen and oxygen atoms in total. The minimum Gasteiger partial charge on any atom is -0.317 e. The summed E-state index contributed by atoms with van der Waals surface area (Å²) in [4.78, 5) is 0. The second kappa shape index (κ2) is 7.98. The van der Waals surface area contributed by atoms with Crippen LogP contribution >= 0.6 is 11.6 Å². The molecule has 1 rings (SSSR count). The molecule has 1 atom stereocenters. The van der Waals surface area contributed by atoms with Gasteiger partial charge in [0, 0.05) is 18.1 Å². The third-order valence-corrected chi connectivity index (χ3v) is 5.59. The van der Waals surface area contributed by atoms with E-state index in [9.17, 15) is 8.42 Å². The number of nitrogens with zero attached hydrogens (tertiary/aromatic N) is 1. The van der Waals surface area contributed by atoms with Crippen molar-refractivity contribution >= 4 is 21.6 Å². The number of sulfonamides is 1. The maximum absolute atomic E-state index is 12.2. The van der Waals surface area contributed by atoms with E-state index in [1.54, 1.807) is 19.2 Å². The van der Waals surface area contributed by atoms with Gasteiger partial charge in [-0.05, 0) is 44.1 Å². The highest BCUT2D eigenvalue weighted by molar-refractivity contribution is 7.89. The average Bonchev–Trinajstić information content (AvgIpc) is 2.43. The molecule has 0 bridgehead atoms. The lowest BCUT2D eigenvalue weighted by Gasteiger charge is -2.24. The Morgan fingerprint density at radius 1 is 1.30 bits per heavy atom. The van der Waals surface area contributed by atoms with Crippen LogP contribution in [-0.2, 0) is 10.0 Å². The predicted octanol–water partition coefficient (Wildman–Crippen LogP) is 2.66. The molecule has 20 heavy (non-hydrogen) atoms. The summed E-state index contributed by atoms with van der Waals surface area (Å²) in [5.74, 6) is 0.161. The molecule has 0 saturated heterocycles. The van der Waals surface area contributed by atoms with Crippen molar-refractivity contribution < 1.29 is 8.42 Å². The highest BCUT2D eigenvalue weighted by Gasteiger charge is 2.23. The molecule has 1 aromatic carbocycles. The van der Waals surface area contributed by atoms with Gasteiger partial charge in [-0.1, -0.05) is 30.7 Å². The van der Waals surface area contributed by atoms with Gasteiger partial charge >= 0.3 is 0 Å². The first-order valence-corrected chi connectivity index (χ1v) is 8.79. The Bertz CT molecular complexity index is 502. The molecular weight excluding hydrogens is 296 g/mol. The third kappa shape index (κ3) is 5.05. The van der Waals surface area contributed by atoms with Crippen LogP contribution in [0.3, 0.4) is 0 Å². The molecule has 1 aromatic rings. The van der Waals surface area contributed by atoms with Gasteiger partial charge in [0.1, 0.15) is 0 Å². The lowest BCUT2D eigenvalue weighted by Crippen LogP contribution is -2.32. The lowest BCUT2D eigenvalue weighted by atomic mass is 10.1. The molecule has 0 aromatic heterocycles. The molecule has 0 fully saturated rings. The van der Waals surface area contributed by atoms with E-state index >= 15 is 0 Å². The van der Waals surface area contributed by atoms with Gasteiger partial charge in [0.25, 0.3) is 0 Å². The van der Waals surface area contributed by atoms with Crippen LogP contribution in [-0.4, -0.2) is 38.6 Å². The fourth-order valence-electron chi connectivity index (χ4n) is 1.89. The van der Waals surface area contributed by atoms with Crippen LogP contribution in [0.1, 0.15) is 31.9 Å². The van der Waals surface area contributed by atoms with Crippen LogP contribution in [0.2, 0.25) is 5.02 Å². The summed E-state index contributed by atoms with van der Waals surface area (Å²) < 4.78 is 25.9. The Hall–Kier alpha value is -0.620. The van der Waals surface area contributed by atoms with Crippen LogP contribution in [0.4, 0.5) is 0 Å². The van der Waals surface area contributed by atoms with E-state index in [0.717, 1.165) is 18.7 Å². The molecule has 0 radical (unpaired) electrons. The van der Waals surface area contributed by atoms with Gasteiger partial charge in [0.2, 0.25) is 10.0 Å². The zero-order chi connectivity index (χ0) is 15.2. The summed E-state index contributed by atoms with van der Waals surface area (Å²) in [5, 5.41) is 3.78. The van der Waals surface area contributed by atoms with E-state index in [2.05, 4.69) is 5.32 Å². The molecule has 1 unspecified atom stereocenters. The molecule has 0 heterocycles. The highest BCUT2D eigenvalue weighted by atomic mass is 35.5. The lowest BCUT2D eigenvalue weighted by molar-refractivity contribution is 0.397. The molecule has 0 aliphatic carbocycles. The topological polar surface area (TPSA) is 49.4 Å². The van der Waals surface area contributed by atoms with Crippen molar-refractivity contribution in [1.82, 2.24) is 9.62 Å². The zero-order valence-electron chi connectivity index (χ0n) is 12.3. The highest BCUT2D eigenvalue weighted by Crippen LogP contribution is 2.23. The molecule has 0 aliphatic rings. The van der Waals surface area contributed by atoms with Crippen LogP contribution in [0.25, 0.3) is 0 Å². The zero-order valence-corrected chi connectivity index (χ0v) is 13.8. The first-order valence-electron chi connectivity index (χ1n) is 6.80. The summed E-state index contributed by atoms with van der Waals surface area (Å²) in [6.07, 6.45) is 0.619. The minimum atomic E-state index is -3.24. The Morgan fingerprint density at radius 2 is 1.90 bits per heavy atom. The quantitative estimate of drug-likeness (QED) is 0.750. The molecule has 1 N–H and O–H groups in total. The summed E-state index contributed by atoms with van der Waals surface area (Å²) in [7, 11) is -1.61. The van der Waals surface area contributed by atoms with E-state index in [4.69, 9.17) is 11.6 Å². The number of rotatable bonds is 8. The summed E-state index contributed by atoms with van der Waals surface area (Å²) in [5.41, 5.74) is 0.937. The molecule has 0 saturated carbocycles. The summed E-state index contributed by atoms with van der Waals surface area (Å²) in [6.45, 7) is 5.46. The molecular formula is C14H23ClN2O2S. The number of halogens is 1.